The fraction of sp³-hybridized carbons (Fsp3) is 0.350. The van der Waals surface area contributed by atoms with E-state index in [2.05, 4.69) is 23.5 Å². The molecule has 0 fully saturated rings. The summed E-state index contributed by atoms with van der Waals surface area (Å²) >= 11 is 0. The Kier molecular flexibility index (Phi) is 5.85. The molecule has 0 aromatic heterocycles. The number of aryl methyl sites for hydroxylation is 2. The topological polar surface area (TPSA) is 47.6 Å². The maximum absolute atomic E-state index is 12.5. The van der Waals surface area contributed by atoms with Gasteiger partial charge in [0.15, 0.2) is 17.6 Å². The van der Waals surface area contributed by atoms with E-state index < -0.39 is 6.10 Å². The average molecular weight is 327 g/mol. The molecule has 0 aliphatic rings. The molecule has 0 saturated carbocycles. The van der Waals surface area contributed by atoms with Gasteiger partial charge in [-0.05, 0) is 51.0 Å². The van der Waals surface area contributed by atoms with E-state index in [1.165, 1.54) is 5.56 Å². The molecule has 24 heavy (non-hydrogen) atoms. The van der Waals surface area contributed by atoms with Gasteiger partial charge in [-0.25, -0.2) is 0 Å². The Morgan fingerprint density at radius 3 is 2.38 bits per heavy atom. The van der Waals surface area contributed by atoms with Crippen LogP contribution in [0.25, 0.3) is 0 Å². The normalized spacial score (nSPS) is 13.0. The zero-order valence-corrected chi connectivity index (χ0v) is 14.9. The number of nitrogens with one attached hydrogen (secondary N) is 1. The van der Waals surface area contributed by atoms with Crippen molar-refractivity contribution in [2.45, 2.75) is 39.8 Å². The second-order valence-corrected chi connectivity index (χ2v) is 6.00. The molecule has 0 heterocycles. The number of amides is 1. The minimum Gasteiger partial charge on any atom is -0.493 e. The number of carbonyl (C=O) groups excluding carboxylic acids is 1. The predicted molar refractivity (Wildman–Crippen MR) is 95.6 cm³/mol. The molecule has 0 saturated heterocycles. The van der Waals surface area contributed by atoms with Gasteiger partial charge in [0.05, 0.1) is 13.2 Å². The van der Waals surface area contributed by atoms with Gasteiger partial charge >= 0.3 is 0 Å². The minimum atomic E-state index is -0.617. The lowest BCUT2D eigenvalue weighted by atomic mass is 10.00. The quantitative estimate of drug-likeness (QED) is 0.874. The second kappa shape index (κ2) is 7.86. The van der Waals surface area contributed by atoms with Gasteiger partial charge in [0, 0.05) is 0 Å². The number of rotatable bonds is 6. The summed E-state index contributed by atoms with van der Waals surface area (Å²) in [6.07, 6.45) is -0.617. The molecule has 4 heteroatoms. The monoisotopic (exact) mass is 327 g/mol. The van der Waals surface area contributed by atoms with Crippen LogP contribution < -0.4 is 14.8 Å². The third-order valence-corrected chi connectivity index (χ3v) is 4.00. The summed E-state index contributed by atoms with van der Waals surface area (Å²) in [5.41, 5.74) is 3.45. The summed E-state index contributed by atoms with van der Waals surface area (Å²) in [7, 11) is 1.58. The highest BCUT2D eigenvalue weighted by Crippen LogP contribution is 2.27. The first-order chi connectivity index (χ1) is 11.4. The van der Waals surface area contributed by atoms with Crippen LogP contribution in [-0.4, -0.2) is 19.1 Å². The van der Waals surface area contributed by atoms with Crippen molar-refractivity contribution in [2.75, 3.05) is 7.11 Å². The van der Waals surface area contributed by atoms with Gasteiger partial charge in [-0.3, -0.25) is 4.79 Å². The zero-order valence-electron chi connectivity index (χ0n) is 14.9. The van der Waals surface area contributed by atoms with Gasteiger partial charge in [-0.15, -0.1) is 0 Å². The van der Waals surface area contributed by atoms with Gasteiger partial charge in [-0.2, -0.15) is 0 Å². The molecule has 1 amide bonds. The molecule has 0 spiro atoms. The first-order valence-corrected chi connectivity index (χ1v) is 8.09. The van der Waals surface area contributed by atoms with E-state index >= 15 is 0 Å². The Labute approximate surface area is 143 Å². The number of hydrogen-bond donors (Lipinski definition) is 1. The van der Waals surface area contributed by atoms with Gasteiger partial charge in [-0.1, -0.05) is 35.9 Å². The Hall–Kier alpha value is -2.49. The SMILES string of the molecule is COc1ccccc1O[C@@H](C)C(=O)N[C@H](C)c1cc(C)ccc1C. The molecule has 0 bridgehead atoms. The summed E-state index contributed by atoms with van der Waals surface area (Å²) in [6.45, 7) is 7.81. The Morgan fingerprint density at radius 2 is 1.71 bits per heavy atom. The van der Waals surface area contributed by atoms with E-state index in [1.54, 1.807) is 26.2 Å². The number of ether oxygens (including phenoxy) is 2. The molecule has 2 atom stereocenters. The summed E-state index contributed by atoms with van der Waals surface area (Å²) in [6, 6.07) is 13.5. The molecule has 2 aromatic rings. The van der Waals surface area contributed by atoms with Crippen LogP contribution in [0.3, 0.4) is 0 Å². The second-order valence-electron chi connectivity index (χ2n) is 6.00. The molecule has 0 radical (unpaired) electrons. The van der Waals surface area contributed by atoms with E-state index in [4.69, 9.17) is 9.47 Å². The number of benzene rings is 2. The van der Waals surface area contributed by atoms with Crippen molar-refractivity contribution in [3.05, 3.63) is 59.2 Å². The fourth-order valence-corrected chi connectivity index (χ4v) is 2.60. The Bertz CT molecular complexity index is 712. The number of para-hydroxylation sites is 2. The number of hydrogen-bond acceptors (Lipinski definition) is 3. The lowest BCUT2D eigenvalue weighted by Gasteiger charge is -2.21. The predicted octanol–water partition coefficient (Wildman–Crippen LogP) is 3.96. The van der Waals surface area contributed by atoms with Crippen molar-refractivity contribution in [3.8, 4) is 11.5 Å². The molecular weight excluding hydrogens is 302 g/mol. The van der Waals surface area contributed by atoms with Crippen LogP contribution in [0.15, 0.2) is 42.5 Å². The molecule has 2 rings (SSSR count). The first kappa shape index (κ1) is 17.9. The maximum Gasteiger partial charge on any atom is 0.261 e. The molecule has 0 unspecified atom stereocenters. The van der Waals surface area contributed by atoms with Crippen LogP contribution in [-0.2, 0) is 4.79 Å². The molecule has 4 nitrogen and oxygen atoms in total. The van der Waals surface area contributed by atoms with E-state index in [9.17, 15) is 4.79 Å². The summed E-state index contributed by atoms with van der Waals surface area (Å²) < 4.78 is 11.0. The lowest BCUT2D eigenvalue weighted by molar-refractivity contribution is -0.127. The smallest absolute Gasteiger partial charge is 0.261 e. The van der Waals surface area contributed by atoms with Crippen LogP contribution >= 0.6 is 0 Å². The van der Waals surface area contributed by atoms with E-state index in [1.807, 2.05) is 32.9 Å². The molecule has 0 aliphatic heterocycles. The van der Waals surface area contributed by atoms with Crippen LogP contribution in [0, 0.1) is 13.8 Å². The Balaban J connectivity index is 2.04. The number of methoxy groups -OCH3 is 1. The van der Waals surface area contributed by atoms with E-state index in [-0.39, 0.29) is 11.9 Å². The summed E-state index contributed by atoms with van der Waals surface area (Å²) in [5.74, 6) is 1.01. The largest absolute Gasteiger partial charge is 0.493 e. The van der Waals surface area contributed by atoms with Crippen LogP contribution in [0.5, 0.6) is 11.5 Å². The maximum atomic E-state index is 12.5. The van der Waals surface area contributed by atoms with Crippen molar-refractivity contribution < 1.29 is 14.3 Å². The first-order valence-electron chi connectivity index (χ1n) is 8.09. The highest BCUT2D eigenvalue weighted by atomic mass is 16.5. The highest BCUT2D eigenvalue weighted by Gasteiger charge is 2.19. The molecule has 0 aliphatic carbocycles. The molecular formula is C20H25NO3. The van der Waals surface area contributed by atoms with Gasteiger partial charge in [0.25, 0.3) is 5.91 Å². The van der Waals surface area contributed by atoms with E-state index in [0.717, 1.165) is 11.1 Å². The molecule has 128 valence electrons. The van der Waals surface area contributed by atoms with Crippen molar-refractivity contribution in [2.24, 2.45) is 0 Å². The van der Waals surface area contributed by atoms with Crippen molar-refractivity contribution in [1.82, 2.24) is 5.32 Å². The van der Waals surface area contributed by atoms with Crippen molar-refractivity contribution >= 4 is 5.91 Å². The Morgan fingerprint density at radius 1 is 1.04 bits per heavy atom. The fourth-order valence-electron chi connectivity index (χ4n) is 2.60. The zero-order chi connectivity index (χ0) is 17.7. The van der Waals surface area contributed by atoms with Gasteiger partial charge < -0.3 is 14.8 Å². The summed E-state index contributed by atoms with van der Waals surface area (Å²) in [4.78, 5) is 12.5. The number of carbonyl (C=O) groups is 1. The third kappa shape index (κ3) is 4.28. The standard InChI is InChI=1S/C20H25NO3/c1-13-10-11-14(2)17(12-13)15(3)21-20(22)16(4)24-19-9-7-6-8-18(19)23-5/h6-12,15-16H,1-5H3,(H,21,22)/t15-,16+/m1/s1. The van der Waals surface area contributed by atoms with E-state index in [0.29, 0.717) is 11.5 Å². The van der Waals surface area contributed by atoms with Crippen molar-refractivity contribution in [3.63, 3.8) is 0 Å². The highest BCUT2D eigenvalue weighted by molar-refractivity contribution is 5.81. The van der Waals surface area contributed by atoms with Gasteiger partial charge in [0.2, 0.25) is 0 Å². The third-order valence-electron chi connectivity index (χ3n) is 4.00. The van der Waals surface area contributed by atoms with Crippen LogP contribution in [0.4, 0.5) is 0 Å². The molecule has 1 N–H and O–H groups in total. The lowest BCUT2D eigenvalue weighted by Crippen LogP contribution is -2.38. The molecule has 2 aromatic carbocycles. The van der Waals surface area contributed by atoms with Crippen molar-refractivity contribution in [1.29, 1.82) is 0 Å². The van der Waals surface area contributed by atoms with Crippen LogP contribution in [0.1, 0.15) is 36.6 Å². The summed E-state index contributed by atoms with van der Waals surface area (Å²) in [5, 5.41) is 3.02. The minimum absolute atomic E-state index is 0.0823. The van der Waals surface area contributed by atoms with Gasteiger partial charge in [0.1, 0.15) is 0 Å². The van der Waals surface area contributed by atoms with Crippen LogP contribution in [0.2, 0.25) is 0 Å². The average Bonchev–Trinajstić information content (AvgIpc) is 2.57.